The minimum atomic E-state index is -1.36. The van der Waals surface area contributed by atoms with Gasteiger partial charge in [-0.1, -0.05) is 23.2 Å². The van der Waals surface area contributed by atoms with Crippen LogP contribution in [0, 0.1) is 25.7 Å². The van der Waals surface area contributed by atoms with Crippen molar-refractivity contribution in [1.82, 2.24) is 9.80 Å². The van der Waals surface area contributed by atoms with E-state index in [4.69, 9.17) is 55.1 Å². The maximum Gasteiger partial charge on any atom is 0.303 e. The van der Waals surface area contributed by atoms with Crippen LogP contribution in [-0.4, -0.2) is 131 Å². The lowest BCUT2D eigenvalue weighted by atomic mass is 9.85. The Hall–Kier alpha value is -3.78. The van der Waals surface area contributed by atoms with Crippen molar-refractivity contribution in [3.63, 3.8) is 0 Å². The summed E-state index contributed by atoms with van der Waals surface area (Å²) in [5, 5.41) is 73.9. The van der Waals surface area contributed by atoms with E-state index in [1.165, 1.54) is 9.80 Å². The molecule has 0 aliphatic carbocycles. The number of aliphatic hydroxyl groups is 4. The van der Waals surface area contributed by atoms with Gasteiger partial charge in [-0.3, -0.25) is 19.2 Å². The molecule has 2 aromatic rings. The second kappa shape index (κ2) is 24.1. The summed E-state index contributed by atoms with van der Waals surface area (Å²) in [7, 11) is 0. The summed E-state index contributed by atoms with van der Waals surface area (Å²) in [5.41, 5.74) is 15.4. The number of hydrogen-bond donors (Lipinski definition) is 10. The molecular formula is C37H56Cl2N4O13. The molecule has 2 saturated heterocycles. The van der Waals surface area contributed by atoms with Crippen LogP contribution in [0.25, 0.3) is 0 Å². The van der Waals surface area contributed by atoms with Gasteiger partial charge in [-0.15, -0.1) is 0 Å². The Kier molecular flexibility index (Phi) is 21.6. The molecule has 0 saturated carbocycles. The highest BCUT2D eigenvalue weighted by atomic mass is 35.5. The molecule has 17 nitrogen and oxygen atoms in total. The number of carbonyl (C=O) groups excluding carboxylic acids is 2. The Balaban J connectivity index is 0.000000455. The zero-order valence-corrected chi connectivity index (χ0v) is 33.0. The number of amides is 2. The van der Waals surface area contributed by atoms with Crippen LogP contribution in [0.3, 0.4) is 0 Å². The fraction of sp³-hybridized carbons (Fsp3) is 0.568. The van der Waals surface area contributed by atoms with Crippen LogP contribution in [0.4, 0.5) is 0 Å². The lowest BCUT2D eigenvalue weighted by Crippen LogP contribution is -2.46. The number of nitrogens with zero attached hydrogens (tertiary/aromatic N) is 2. The third kappa shape index (κ3) is 14.9. The number of aromatic hydroxyl groups is 2. The fourth-order valence-corrected chi connectivity index (χ4v) is 6.68. The number of aliphatic hydroxyl groups excluding tert-OH is 4. The van der Waals surface area contributed by atoms with Gasteiger partial charge in [0.1, 0.15) is 11.5 Å². The number of hydrogen-bond acceptors (Lipinski definition) is 12. The average molecular weight is 836 g/mol. The minimum absolute atomic E-state index is 0. The number of phenols is 2. The van der Waals surface area contributed by atoms with Crippen molar-refractivity contribution in [2.24, 2.45) is 23.3 Å². The Labute approximate surface area is 335 Å². The maximum absolute atomic E-state index is 11.8. The Morgan fingerprint density at radius 2 is 0.982 bits per heavy atom. The summed E-state index contributed by atoms with van der Waals surface area (Å²) in [6, 6.07) is 5.87. The number of nitrogens with two attached hydrogens (primary N) is 2. The van der Waals surface area contributed by atoms with Crippen LogP contribution >= 0.6 is 23.2 Å². The van der Waals surface area contributed by atoms with Crippen LogP contribution < -0.4 is 11.5 Å². The molecule has 2 heterocycles. The van der Waals surface area contributed by atoms with Gasteiger partial charge in [-0.25, -0.2) is 0 Å². The SMILES string of the molecule is Cc1cc(O)c([C@H](N)C2CCN(C(=O)[C@H](O)CO)CC2)cc1Cl.Cc1cc(O)c([C@H](N)C2CCN(C(=O)[C@H](O)CO)CC2)cc1Cl.O.O=C(O)CCCC(=O)O. The topological polar surface area (TPSA) is 320 Å². The van der Waals surface area contributed by atoms with Crippen molar-refractivity contribution in [1.29, 1.82) is 0 Å². The number of rotatable bonds is 12. The second-order valence-corrected chi connectivity index (χ2v) is 14.5. The second-order valence-electron chi connectivity index (χ2n) is 13.7. The number of halogens is 2. The molecule has 0 bridgehead atoms. The van der Waals surface area contributed by atoms with Crippen LogP contribution in [0.5, 0.6) is 11.5 Å². The van der Waals surface area contributed by atoms with Gasteiger partial charge >= 0.3 is 11.9 Å². The van der Waals surface area contributed by atoms with Crippen molar-refractivity contribution in [2.75, 3.05) is 39.4 Å². The zero-order chi connectivity index (χ0) is 41.6. The van der Waals surface area contributed by atoms with E-state index in [1.54, 1.807) is 24.3 Å². The lowest BCUT2D eigenvalue weighted by molar-refractivity contribution is -0.144. The molecule has 0 spiro atoms. The van der Waals surface area contributed by atoms with E-state index in [2.05, 4.69) is 0 Å². The highest BCUT2D eigenvalue weighted by Crippen LogP contribution is 2.37. The van der Waals surface area contributed by atoms with E-state index in [0.717, 1.165) is 11.1 Å². The number of aryl methyl sites for hydroxylation is 2. The zero-order valence-electron chi connectivity index (χ0n) is 31.5. The van der Waals surface area contributed by atoms with Gasteiger partial charge in [0.05, 0.1) is 13.2 Å². The van der Waals surface area contributed by atoms with Gasteiger partial charge in [0.25, 0.3) is 11.8 Å². The first-order valence-electron chi connectivity index (χ1n) is 17.9. The average Bonchev–Trinajstić information content (AvgIpc) is 3.16. The number of likely N-dealkylation sites (tertiary alicyclic amines) is 2. The number of benzene rings is 2. The van der Waals surface area contributed by atoms with Gasteiger partial charge in [-0.05, 0) is 93.2 Å². The first kappa shape index (κ1) is 50.2. The summed E-state index contributed by atoms with van der Waals surface area (Å²) in [4.78, 5) is 46.3. The summed E-state index contributed by atoms with van der Waals surface area (Å²) in [6.45, 7) is 4.34. The summed E-state index contributed by atoms with van der Waals surface area (Å²) >= 11 is 12.2. The molecule has 4 rings (SSSR count). The van der Waals surface area contributed by atoms with E-state index in [-0.39, 0.29) is 60.2 Å². The van der Waals surface area contributed by atoms with E-state index in [0.29, 0.717) is 73.0 Å². The largest absolute Gasteiger partial charge is 0.508 e. The third-order valence-corrected chi connectivity index (χ3v) is 10.6. The molecule has 4 atom stereocenters. The normalized spacial score (nSPS) is 16.8. The molecule has 19 heteroatoms. The van der Waals surface area contributed by atoms with Gasteiger partial charge < -0.3 is 67.6 Å². The molecule has 2 aliphatic heterocycles. The predicted octanol–water partition coefficient (Wildman–Crippen LogP) is 1.39. The summed E-state index contributed by atoms with van der Waals surface area (Å²) < 4.78 is 0. The molecule has 0 radical (unpaired) electrons. The minimum Gasteiger partial charge on any atom is -0.508 e. The predicted molar refractivity (Wildman–Crippen MR) is 207 cm³/mol. The fourth-order valence-electron chi connectivity index (χ4n) is 6.33. The van der Waals surface area contributed by atoms with E-state index >= 15 is 0 Å². The van der Waals surface area contributed by atoms with Gasteiger partial charge in [0, 0.05) is 72.3 Å². The monoisotopic (exact) mass is 834 g/mol. The number of carboxylic acids is 2. The number of carboxylic acid groups (broad SMARTS) is 2. The van der Waals surface area contributed by atoms with Crippen LogP contribution in [0.2, 0.25) is 10.0 Å². The number of phenolic OH excluding ortho intramolecular Hbond substituents is 2. The molecule has 14 N–H and O–H groups in total. The summed E-state index contributed by atoms with van der Waals surface area (Å²) in [6.07, 6.45) is 0.0154. The van der Waals surface area contributed by atoms with Crippen molar-refractivity contribution in [3.8, 4) is 11.5 Å². The first-order valence-corrected chi connectivity index (χ1v) is 18.7. The maximum atomic E-state index is 11.8. The highest BCUT2D eigenvalue weighted by molar-refractivity contribution is 6.31. The smallest absolute Gasteiger partial charge is 0.303 e. The van der Waals surface area contributed by atoms with Gasteiger partial charge in [0.2, 0.25) is 0 Å². The molecule has 0 aromatic heterocycles. The standard InChI is InChI=1S/2C16H23ClN2O4.C5H8O4.H2O/c2*1-9-6-13(21)11(7-12(9)17)15(18)10-2-4-19(5-3-10)16(23)14(22)8-20;6-4(7)2-1-3-5(8)9;/h2*6-7,10,14-15,20-22H,2-5,8,18H2,1H3;1-3H2,(H,6,7)(H,8,9);1H2/t2*14-,15-;;/m11../s1. The Morgan fingerprint density at radius 1 is 0.679 bits per heavy atom. The van der Waals surface area contributed by atoms with Crippen LogP contribution in [0.15, 0.2) is 24.3 Å². The van der Waals surface area contributed by atoms with E-state index in [9.17, 15) is 39.6 Å². The first-order chi connectivity index (χ1) is 25.8. The Bertz CT molecular complexity index is 1490. The molecule has 2 aliphatic rings. The number of carbonyl (C=O) groups is 4. The van der Waals surface area contributed by atoms with Crippen molar-refractivity contribution in [3.05, 3.63) is 56.6 Å². The molecule has 2 amide bonds. The molecule has 2 fully saturated rings. The molecular weight excluding hydrogens is 779 g/mol. The van der Waals surface area contributed by atoms with Crippen LogP contribution in [0.1, 0.15) is 79.3 Å². The van der Waals surface area contributed by atoms with Crippen molar-refractivity contribution in [2.45, 2.75) is 83.1 Å². The number of piperidine rings is 2. The number of aliphatic carboxylic acids is 2. The van der Waals surface area contributed by atoms with E-state index in [1.807, 2.05) is 13.8 Å². The van der Waals surface area contributed by atoms with Gasteiger partial charge in [0.15, 0.2) is 12.2 Å². The quantitative estimate of drug-likeness (QED) is 0.145. The van der Waals surface area contributed by atoms with Crippen molar-refractivity contribution >= 4 is 47.0 Å². The van der Waals surface area contributed by atoms with Gasteiger partial charge in [-0.2, -0.15) is 0 Å². The summed E-state index contributed by atoms with van der Waals surface area (Å²) in [5.74, 6) is -2.33. The Morgan fingerprint density at radius 3 is 1.25 bits per heavy atom. The lowest BCUT2D eigenvalue weighted by Gasteiger charge is -2.35. The molecule has 316 valence electrons. The highest BCUT2D eigenvalue weighted by Gasteiger charge is 2.32. The molecule has 0 unspecified atom stereocenters. The van der Waals surface area contributed by atoms with E-state index < -0.39 is 49.2 Å². The third-order valence-electron chi connectivity index (χ3n) is 9.75. The molecule has 2 aromatic carbocycles. The molecule has 56 heavy (non-hydrogen) atoms. The van der Waals surface area contributed by atoms with Crippen molar-refractivity contribution < 1.29 is 65.5 Å². The van der Waals surface area contributed by atoms with Crippen LogP contribution in [-0.2, 0) is 19.2 Å².